The minimum atomic E-state index is 0.418. The van der Waals surface area contributed by atoms with Gasteiger partial charge in [-0.2, -0.15) is 0 Å². The molecule has 84 valence electrons. The van der Waals surface area contributed by atoms with Crippen molar-refractivity contribution in [1.29, 1.82) is 0 Å². The average molecular weight is 289 g/mol. The molecule has 0 radical (unpaired) electrons. The van der Waals surface area contributed by atoms with Crippen LogP contribution in [0.25, 0.3) is 16.9 Å². The van der Waals surface area contributed by atoms with E-state index < -0.39 is 0 Å². The second kappa shape index (κ2) is 3.85. The van der Waals surface area contributed by atoms with Crippen molar-refractivity contribution in [2.24, 2.45) is 0 Å². The van der Waals surface area contributed by atoms with Crippen molar-refractivity contribution in [1.82, 2.24) is 14.4 Å². The lowest BCUT2D eigenvalue weighted by Crippen LogP contribution is -1.96. The van der Waals surface area contributed by atoms with Crippen LogP contribution in [0.3, 0.4) is 0 Å². The van der Waals surface area contributed by atoms with Crippen molar-refractivity contribution >= 4 is 27.4 Å². The predicted molar refractivity (Wildman–Crippen MR) is 70.5 cm³/mol. The van der Waals surface area contributed by atoms with Crippen LogP contribution in [-0.4, -0.2) is 14.4 Å². The first-order valence-corrected chi connectivity index (χ1v) is 5.89. The summed E-state index contributed by atoms with van der Waals surface area (Å²) in [5.74, 6) is 0.418. The summed E-state index contributed by atoms with van der Waals surface area (Å²) in [5.41, 5.74) is 8.45. The molecule has 0 amide bonds. The van der Waals surface area contributed by atoms with Gasteiger partial charge >= 0.3 is 0 Å². The third-order valence-corrected chi connectivity index (χ3v) is 2.89. The van der Waals surface area contributed by atoms with Gasteiger partial charge in [-0.05, 0) is 15.9 Å². The minimum absolute atomic E-state index is 0.418. The third-order valence-electron chi connectivity index (χ3n) is 2.50. The molecule has 2 aromatic heterocycles. The summed E-state index contributed by atoms with van der Waals surface area (Å²) >= 11 is 3.31. The fourth-order valence-electron chi connectivity index (χ4n) is 1.74. The Hall–Kier alpha value is -1.88. The maximum atomic E-state index is 5.82. The Morgan fingerprint density at radius 2 is 1.82 bits per heavy atom. The number of fused-ring (bicyclic) bond motifs is 1. The number of nitrogens with two attached hydrogens (primary N) is 1. The van der Waals surface area contributed by atoms with E-state index in [0.717, 1.165) is 11.3 Å². The van der Waals surface area contributed by atoms with Crippen molar-refractivity contribution in [2.45, 2.75) is 0 Å². The maximum absolute atomic E-state index is 5.82. The molecule has 4 nitrogen and oxygen atoms in total. The van der Waals surface area contributed by atoms with E-state index in [1.807, 2.05) is 47.1 Å². The lowest BCUT2D eigenvalue weighted by molar-refractivity contribution is 1.11. The van der Waals surface area contributed by atoms with Gasteiger partial charge in [0.2, 0.25) is 0 Å². The van der Waals surface area contributed by atoms with Crippen LogP contribution in [0, 0.1) is 0 Å². The molecule has 5 heteroatoms. The summed E-state index contributed by atoms with van der Waals surface area (Å²) in [6.07, 6.45) is 3.78. The van der Waals surface area contributed by atoms with Gasteiger partial charge in [0.15, 0.2) is 11.5 Å². The van der Waals surface area contributed by atoms with Crippen molar-refractivity contribution in [3.05, 3.63) is 47.3 Å². The quantitative estimate of drug-likeness (QED) is 0.749. The van der Waals surface area contributed by atoms with Crippen molar-refractivity contribution in [3.8, 4) is 11.3 Å². The van der Waals surface area contributed by atoms with Crippen molar-refractivity contribution in [3.63, 3.8) is 0 Å². The van der Waals surface area contributed by atoms with E-state index in [9.17, 15) is 0 Å². The lowest BCUT2D eigenvalue weighted by Gasteiger charge is -1.96. The maximum Gasteiger partial charge on any atom is 0.180 e. The highest BCUT2D eigenvalue weighted by atomic mass is 79.9. The SMILES string of the molecule is Nc1nc(Br)cn2cc(-c3ccccc3)nc12. The number of imidazole rings is 1. The second-order valence-corrected chi connectivity index (χ2v) is 4.48. The molecule has 1 aromatic carbocycles. The summed E-state index contributed by atoms with van der Waals surface area (Å²) in [4.78, 5) is 8.60. The molecule has 0 aliphatic heterocycles. The average Bonchev–Trinajstić information content (AvgIpc) is 2.74. The van der Waals surface area contributed by atoms with Crippen LogP contribution >= 0.6 is 15.9 Å². The molecule has 0 spiro atoms. The first kappa shape index (κ1) is 10.3. The molecule has 0 aliphatic rings. The Labute approximate surface area is 106 Å². The normalized spacial score (nSPS) is 10.9. The van der Waals surface area contributed by atoms with E-state index in [4.69, 9.17) is 5.73 Å². The Bertz CT molecular complexity index is 676. The Morgan fingerprint density at radius 3 is 2.59 bits per heavy atom. The van der Waals surface area contributed by atoms with Gasteiger partial charge < -0.3 is 10.1 Å². The lowest BCUT2D eigenvalue weighted by atomic mass is 10.2. The number of hydrogen-bond donors (Lipinski definition) is 1. The van der Waals surface area contributed by atoms with Crippen LogP contribution in [-0.2, 0) is 0 Å². The molecule has 0 fully saturated rings. The molecule has 0 saturated carbocycles. The van der Waals surface area contributed by atoms with Crippen molar-refractivity contribution in [2.75, 3.05) is 5.73 Å². The van der Waals surface area contributed by atoms with Crippen LogP contribution < -0.4 is 5.73 Å². The van der Waals surface area contributed by atoms with Gasteiger partial charge in [-0.1, -0.05) is 30.3 Å². The van der Waals surface area contributed by atoms with Gasteiger partial charge in [-0.3, -0.25) is 0 Å². The highest BCUT2D eigenvalue weighted by Crippen LogP contribution is 2.22. The smallest absolute Gasteiger partial charge is 0.180 e. The Kier molecular flexibility index (Phi) is 2.33. The fourth-order valence-corrected chi connectivity index (χ4v) is 2.15. The van der Waals surface area contributed by atoms with Gasteiger partial charge in [-0.25, -0.2) is 9.97 Å². The largest absolute Gasteiger partial charge is 0.381 e. The molecule has 17 heavy (non-hydrogen) atoms. The molecule has 0 saturated heterocycles. The predicted octanol–water partition coefficient (Wildman–Crippen LogP) is 2.74. The van der Waals surface area contributed by atoms with Crippen LogP contribution in [0.1, 0.15) is 0 Å². The van der Waals surface area contributed by atoms with Gasteiger partial charge in [0.1, 0.15) is 4.60 Å². The molecule has 0 atom stereocenters. The number of nitrogen functional groups attached to an aromatic ring is 1. The van der Waals surface area contributed by atoms with E-state index >= 15 is 0 Å². The Morgan fingerprint density at radius 1 is 1.06 bits per heavy atom. The zero-order valence-electron chi connectivity index (χ0n) is 8.84. The number of halogens is 1. The van der Waals surface area contributed by atoms with Crippen LogP contribution in [0.2, 0.25) is 0 Å². The molecule has 0 unspecified atom stereocenters. The van der Waals surface area contributed by atoms with Crippen LogP contribution in [0.15, 0.2) is 47.3 Å². The highest BCUT2D eigenvalue weighted by molar-refractivity contribution is 9.10. The molecule has 3 rings (SSSR count). The van der Waals surface area contributed by atoms with E-state index in [1.54, 1.807) is 0 Å². The van der Waals surface area contributed by atoms with Crippen molar-refractivity contribution < 1.29 is 0 Å². The van der Waals surface area contributed by atoms with Gasteiger partial charge in [0.05, 0.1) is 5.69 Å². The standard InChI is InChI=1S/C12H9BrN4/c13-10-7-17-6-9(8-4-2-1-3-5-8)15-12(17)11(14)16-10/h1-7H,(H2,14,16). The zero-order chi connectivity index (χ0) is 11.8. The number of nitrogens with zero attached hydrogens (tertiary/aromatic N) is 3. The first-order chi connectivity index (χ1) is 8.24. The van der Waals surface area contributed by atoms with E-state index in [2.05, 4.69) is 25.9 Å². The number of aromatic nitrogens is 3. The van der Waals surface area contributed by atoms with Gasteiger partial charge in [0, 0.05) is 18.0 Å². The molecular formula is C12H9BrN4. The summed E-state index contributed by atoms with van der Waals surface area (Å²) in [5, 5.41) is 0. The van der Waals surface area contributed by atoms with E-state index in [-0.39, 0.29) is 0 Å². The molecule has 2 N–H and O–H groups in total. The zero-order valence-corrected chi connectivity index (χ0v) is 10.4. The third kappa shape index (κ3) is 1.78. The van der Waals surface area contributed by atoms with E-state index in [0.29, 0.717) is 16.1 Å². The highest BCUT2D eigenvalue weighted by Gasteiger charge is 2.08. The molecule has 2 heterocycles. The molecule has 3 aromatic rings. The van der Waals surface area contributed by atoms with Gasteiger partial charge in [0.25, 0.3) is 0 Å². The number of benzene rings is 1. The summed E-state index contributed by atoms with van der Waals surface area (Å²) in [6, 6.07) is 9.97. The first-order valence-electron chi connectivity index (χ1n) is 5.10. The van der Waals surface area contributed by atoms with Crippen LogP contribution in [0.4, 0.5) is 5.82 Å². The molecular weight excluding hydrogens is 280 g/mol. The number of hydrogen-bond acceptors (Lipinski definition) is 3. The topological polar surface area (TPSA) is 56.2 Å². The molecule has 0 aliphatic carbocycles. The number of rotatable bonds is 1. The fraction of sp³-hybridized carbons (Fsp3) is 0. The summed E-state index contributed by atoms with van der Waals surface area (Å²) in [7, 11) is 0. The molecule has 0 bridgehead atoms. The second-order valence-electron chi connectivity index (χ2n) is 3.67. The monoisotopic (exact) mass is 288 g/mol. The summed E-state index contributed by atoms with van der Waals surface area (Å²) < 4.78 is 2.56. The summed E-state index contributed by atoms with van der Waals surface area (Å²) in [6.45, 7) is 0. The van der Waals surface area contributed by atoms with Gasteiger partial charge in [-0.15, -0.1) is 0 Å². The van der Waals surface area contributed by atoms with E-state index in [1.165, 1.54) is 0 Å². The van der Waals surface area contributed by atoms with Crippen LogP contribution in [0.5, 0.6) is 0 Å². The number of anilines is 1. The Balaban J connectivity index is 2.24. The minimum Gasteiger partial charge on any atom is -0.381 e.